The minimum absolute atomic E-state index is 0.231. The van der Waals surface area contributed by atoms with Gasteiger partial charge in [0, 0.05) is 12.1 Å². The third kappa shape index (κ3) is 2.27. The molecular weight excluding hydrogens is 266 g/mol. The molecule has 2 aromatic rings. The van der Waals surface area contributed by atoms with E-state index in [0.29, 0.717) is 0 Å². The molecule has 0 saturated heterocycles. The van der Waals surface area contributed by atoms with Gasteiger partial charge in [-0.2, -0.15) is 0 Å². The molecule has 1 aromatic carbocycles. The van der Waals surface area contributed by atoms with Gasteiger partial charge in [0.05, 0.1) is 5.56 Å². The van der Waals surface area contributed by atoms with Gasteiger partial charge < -0.3 is 0 Å². The van der Waals surface area contributed by atoms with E-state index < -0.39 is 0 Å². The van der Waals surface area contributed by atoms with Crippen LogP contribution in [0.25, 0.3) is 11.3 Å². The van der Waals surface area contributed by atoms with Gasteiger partial charge in [-0.05, 0) is 53.4 Å². The SMILES string of the molecule is Cc1ccc2c(c1-c1cccc[n+]1C)C(C)(C)CCC2(C)C. The smallest absolute Gasteiger partial charge is 0.201 e. The Morgan fingerprint density at radius 1 is 0.909 bits per heavy atom. The van der Waals surface area contributed by atoms with Gasteiger partial charge in [0.2, 0.25) is 5.69 Å². The highest BCUT2D eigenvalue weighted by Gasteiger charge is 2.40. The lowest BCUT2D eigenvalue weighted by molar-refractivity contribution is -0.660. The van der Waals surface area contributed by atoms with Crippen LogP contribution < -0.4 is 4.57 Å². The summed E-state index contributed by atoms with van der Waals surface area (Å²) < 4.78 is 2.25. The number of rotatable bonds is 1. The second kappa shape index (κ2) is 4.94. The molecule has 22 heavy (non-hydrogen) atoms. The number of aromatic nitrogens is 1. The van der Waals surface area contributed by atoms with Crippen molar-refractivity contribution in [3.05, 3.63) is 53.2 Å². The van der Waals surface area contributed by atoms with Crippen LogP contribution >= 0.6 is 0 Å². The number of hydrogen-bond donors (Lipinski definition) is 0. The summed E-state index contributed by atoms with van der Waals surface area (Å²) in [4.78, 5) is 0. The summed E-state index contributed by atoms with van der Waals surface area (Å²) in [5, 5.41) is 0. The summed E-state index contributed by atoms with van der Waals surface area (Å²) in [6, 6.07) is 11.2. The molecule has 0 spiro atoms. The Balaban J connectivity index is 2.40. The van der Waals surface area contributed by atoms with Crippen LogP contribution in [0.4, 0.5) is 0 Å². The van der Waals surface area contributed by atoms with Crippen LogP contribution in [0.15, 0.2) is 36.5 Å². The van der Waals surface area contributed by atoms with Crippen molar-refractivity contribution in [1.29, 1.82) is 0 Å². The number of pyridine rings is 1. The van der Waals surface area contributed by atoms with Crippen molar-refractivity contribution >= 4 is 0 Å². The van der Waals surface area contributed by atoms with Crippen LogP contribution in [0.5, 0.6) is 0 Å². The fourth-order valence-electron chi connectivity index (χ4n) is 3.97. The Bertz CT molecular complexity index is 723. The summed E-state index contributed by atoms with van der Waals surface area (Å²) in [6.45, 7) is 11.9. The van der Waals surface area contributed by atoms with Crippen molar-refractivity contribution in [1.82, 2.24) is 0 Å². The Hall–Kier alpha value is -1.63. The first kappa shape index (κ1) is 15.3. The zero-order valence-electron chi connectivity index (χ0n) is 14.8. The van der Waals surface area contributed by atoms with Gasteiger partial charge in [0.15, 0.2) is 6.20 Å². The molecule has 1 heterocycles. The predicted octanol–water partition coefficient (Wildman–Crippen LogP) is 4.84. The van der Waals surface area contributed by atoms with Crippen molar-refractivity contribution in [3.8, 4) is 11.3 Å². The predicted molar refractivity (Wildman–Crippen MR) is 93.1 cm³/mol. The van der Waals surface area contributed by atoms with E-state index in [1.54, 1.807) is 5.56 Å². The lowest BCUT2D eigenvalue weighted by Crippen LogP contribution is -2.37. The molecule has 1 aromatic heterocycles. The van der Waals surface area contributed by atoms with E-state index in [4.69, 9.17) is 0 Å². The zero-order valence-corrected chi connectivity index (χ0v) is 14.8. The summed E-state index contributed by atoms with van der Waals surface area (Å²) in [7, 11) is 2.15. The molecule has 3 rings (SSSR count). The van der Waals surface area contributed by atoms with Gasteiger partial charge in [0.25, 0.3) is 0 Å². The monoisotopic (exact) mass is 294 g/mol. The minimum atomic E-state index is 0.231. The standard InChI is InChI=1S/C21H28N/c1-15-10-11-16-19(21(4,5)13-12-20(16,2)3)18(15)17-9-7-8-14-22(17)6/h7-11,14H,12-13H2,1-6H3/q+1. The lowest BCUT2D eigenvalue weighted by Gasteiger charge is -2.43. The highest BCUT2D eigenvalue weighted by Crippen LogP contribution is 2.49. The van der Waals surface area contributed by atoms with E-state index in [9.17, 15) is 0 Å². The molecule has 1 aliphatic rings. The maximum atomic E-state index is 2.41. The van der Waals surface area contributed by atoms with Crippen LogP contribution in [-0.2, 0) is 17.9 Å². The van der Waals surface area contributed by atoms with Crippen molar-refractivity contribution in [2.24, 2.45) is 7.05 Å². The van der Waals surface area contributed by atoms with Crippen molar-refractivity contribution < 1.29 is 4.57 Å². The third-order valence-corrected chi connectivity index (χ3v) is 5.51. The molecule has 0 N–H and O–H groups in total. The molecule has 1 heteroatoms. The lowest BCUT2D eigenvalue weighted by atomic mass is 9.61. The van der Waals surface area contributed by atoms with E-state index in [1.807, 2.05) is 0 Å². The van der Waals surface area contributed by atoms with Crippen LogP contribution in [0.1, 0.15) is 57.2 Å². The first-order valence-corrected chi connectivity index (χ1v) is 8.34. The molecule has 0 unspecified atom stereocenters. The molecule has 0 aliphatic heterocycles. The Morgan fingerprint density at radius 3 is 2.27 bits per heavy atom. The first-order chi connectivity index (χ1) is 10.2. The number of fused-ring (bicyclic) bond motifs is 1. The van der Waals surface area contributed by atoms with Crippen molar-refractivity contribution in [3.63, 3.8) is 0 Å². The average molecular weight is 294 g/mol. The molecule has 1 aliphatic carbocycles. The number of hydrogen-bond acceptors (Lipinski definition) is 0. The topological polar surface area (TPSA) is 3.88 Å². The summed E-state index contributed by atoms with van der Waals surface area (Å²) in [5.74, 6) is 0. The number of nitrogens with zero attached hydrogens (tertiary/aromatic N) is 1. The van der Waals surface area contributed by atoms with Gasteiger partial charge in [0.1, 0.15) is 7.05 Å². The quantitative estimate of drug-likeness (QED) is 0.663. The first-order valence-electron chi connectivity index (χ1n) is 8.34. The molecule has 0 atom stereocenters. The molecule has 1 nitrogen and oxygen atoms in total. The van der Waals surface area contributed by atoms with Gasteiger partial charge in [-0.1, -0.05) is 39.8 Å². The van der Waals surface area contributed by atoms with Gasteiger partial charge in [-0.15, -0.1) is 0 Å². The fourth-order valence-corrected chi connectivity index (χ4v) is 3.97. The Kier molecular flexibility index (Phi) is 3.43. The molecule has 0 radical (unpaired) electrons. The molecule has 0 saturated carbocycles. The van der Waals surface area contributed by atoms with Crippen LogP contribution in [-0.4, -0.2) is 0 Å². The number of benzene rings is 1. The highest BCUT2D eigenvalue weighted by molar-refractivity contribution is 5.70. The van der Waals surface area contributed by atoms with Gasteiger partial charge in [-0.25, -0.2) is 4.57 Å². The largest absolute Gasteiger partial charge is 0.212 e. The van der Waals surface area contributed by atoms with E-state index in [2.05, 4.69) is 82.8 Å². The Labute approximate surface area is 135 Å². The Morgan fingerprint density at radius 2 is 1.59 bits per heavy atom. The van der Waals surface area contributed by atoms with E-state index in [0.717, 1.165) is 0 Å². The minimum Gasteiger partial charge on any atom is -0.201 e. The summed E-state index contributed by atoms with van der Waals surface area (Å²) >= 11 is 0. The second-order valence-corrected chi connectivity index (χ2v) is 8.14. The van der Waals surface area contributed by atoms with Crippen molar-refractivity contribution in [2.45, 2.75) is 58.3 Å². The number of aryl methyl sites for hydroxylation is 2. The third-order valence-electron chi connectivity index (χ3n) is 5.51. The second-order valence-electron chi connectivity index (χ2n) is 8.14. The van der Waals surface area contributed by atoms with E-state index in [1.165, 1.54) is 35.2 Å². The van der Waals surface area contributed by atoms with Gasteiger partial charge >= 0.3 is 0 Å². The highest BCUT2D eigenvalue weighted by atomic mass is 14.9. The molecule has 0 fully saturated rings. The normalized spacial score (nSPS) is 18.8. The molecular formula is C21H28N+. The zero-order chi connectivity index (χ0) is 16.1. The summed E-state index contributed by atoms with van der Waals surface area (Å²) in [6.07, 6.45) is 4.66. The maximum Gasteiger partial charge on any atom is 0.212 e. The molecule has 0 bridgehead atoms. The molecule has 0 amide bonds. The molecule has 116 valence electrons. The fraction of sp³-hybridized carbons (Fsp3) is 0.476. The van der Waals surface area contributed by atoms with Crippen molar-refractivity contribution in [2.75, 3.05) is 0 Å². The average Bonchev–Trinajstić information content (AvgIpc) is 2.45. The van der Waals surface area contributed by atoms with Gasteiger partial charge in [-0.3, -0.25) is 0 Å². The van der Waals surface area contributed by atoms with E-state index >= 15 is 0 Å². The van der Waals surface area contributed by atoms with Crippen LogP contribution in [0.2, 0.25) is 0 Å². The van der Waals surface area contributed by atoms with Crippen LogP contribution in [0, 0.1) is 6.92 Å². The van der Waals surface area contributed by atoms with Crippen LogP contribution in [0.3, 0.4) is 0 Å². The summed E-state index contributed by atoms with van der Waals surface area (Å²) in [5.41, 5.74) is 7.74. The maximum absolute atomic E-state index is 2.41. The van der Waals surface area contributed by atoms with E-state index in [-0.39, 0.29) is 10.8 Å².